The third-order valence-electron chi connectivity index (χ3n) is 4.49. The summed E-state index contributed by atoms with van der Waals surface area (Å²) in [6.07, 6.45) is 2.54. The zero-order valence-electron chi connectivity index (χ0n) is 13.7. The van der Waals surface area contributed by atoms with Crippen molar-refractivity contribution in [1.29, 1.82) is 0 Å². The Labute approximate surface area is 124 Å². The average molecular weight is 274 g/mol. The quantitative estimate of drug-likeness (QED) is 0.897. The van der Waals surface area contributed by atoms with Crippen LogP contribution < -0.4 is 5.32 Å². The molecule has 1 aliphatic heterocycles. The second-order valence-electron chi connectivity index (χ2n) is 6.71. The lowest BCUT2D eigenvalue weighted by Gasteiger charge is -2.36. The van der Waals surface area contributed by atoms with Crippen LogP contribution in [-0.4, -0.2) is 30.1 Å². The van der Waals surface area contributed by atoms with Crippen molar-refractivity contribution in [2.75, 3.05) is 13.1 Å². The summed E-state index contributed by atoms with van der Waals surface area (Å²) < 4.78 is 0. The molecule has 0 bridgehead atoms. The summed E-state index contributed by atoms with van der Waals surface area (Å²) in [6, 6.07) is 8.68. The molecule has 1 heterocycles. The van der Waals surface area contributed by atoms with Crippen molar-refractivity contribution in [2.45, 2.75) is 65.6 Å². The van der Waals surface area contributed by atoms with Crippen LogP contribution in [0, 0.1) is 13.8 Å². The molecule has 20 heavy (non-hydrogen) atoms. The van der Waals surface area contributed by atoms with E-state index in [0.717, 1.165) is 0 Å². The van der Waals surface area contributed by atoms with Crippen LogP contribution in [0.5, 0.6) is 0 Å². The van der Waals surface area contributed by atoms with E-state index in [1.54, 1.807) is 0 Å². The molecule has 1 atom stereocenters. The van der Waals surface area contributed by atoms with E-state index in [9.17, 15) is 0 Å². The van der Waals surface area contributed by atoms with E-state index in [0.29, 0.717) is 18.1 Å². The van der Waals surface area contributed by atoms with Gasteiger partial charge in [-0.2, -0.15) is 0 Å². The molecular formula is C18H30N2. The number of rotatable bonds is 4. The summed E-state index contributed by atoms with van der Waals surface area (Å²) in [7, 11) is 0. The minimum Gasteiger partial charge on any atom is -0.307 e. The van der Waals surface area contributed by atoms with Crippen molar-refractivity contribution in [1.82, 2.24) is 10.2 Å². The molecule has 1 N–H and O–H groups in total. The lowest BCUT2D eigenvalue weighted by atomic mass is 9.99. The third-order valence-corrected chi connectivity index (χ3v) is 4.49. The Balaban J connectivity index is 1.90. The smallest absolute Gasteiger partial charge is 0.0294 e. The number of hydrogen-bond acceptors (Lipinski definition) is 2. The van der Waals surface area contributed by atoms with E-state index in [4.69, 9.17) is 0 Å². The molecule has 2 nitrogen and oxygen atoms in total. The van der Waals surface area contributed by atoms with Crippen molar-refractivity contribution in [3.8, 4) is 0 Å². The first-order chi connectivity index (χ1) is 9.45. The zero-order valence-corrected chi connectivity index (χ0v) is 13.7. The van der Waals surface area contributed by atoms with Crippen LogP contribution in [0.3, 0.4) is 0 Å². The van der Waals surface area contributed by atoms with Gasteiger partial charge in [0, 0.05) is 18.1 Å². The molecule has 1 aromatic rings. The molecule has 2 heteroatoms. The van der Waals surface area contributed by atoms with Crippen molar-refractivity contribution < 1.29 is 0 Å². The summed E-state index contributed by atoms with van der Waals surface area (Å²) in [4.78, 5) is 2.58. The maximum Gasteiger partial charge on any atom is 0.0294 e. The number of benzene rings is 1. The Hall–Kier alpha value is -0.860. The minimum absolute atomic E-state index is 0.448. The number of hydrogen-bond donors (Lipinski definition) is 1. The van der Waals surface area contributed by atoms with Crippen LogP contribution in [0.15, 0.2) is 18.2 Å². The van der Waals surface area contributed by atoms with E-state index in [1.165, 1.54) is 42.6 Å². The molecule has 0 amide bonds. The highest BCUT2D eigenvalue weighted by Crippen LogP contribution is 2.20. The van der Waals surface area contributed by atoms with E-state index < -0.39 is 0 Å². The predicted octanol–water partition coefficient (Wildman–Crippen LogP) is 3.83. The van der Waals surface area contributed by atoms with Gasteiger partial charge in [0.05, 0.1) is 0 Å². The summed E-state index contributed by atoms with van der Waals surface area (Å²) in [6.45, 7) is 13.7. The fraction of sp³-hybridized carbons (Fsp3) is 0.667. The molecule has 0 aromatic heterocycles. The SMILES string of the molecule is Cc1cc(C)cc(C(C)NC2CCN(C(C)C)CC2)c1. The summed E-state index contributed by atoms with van der Waals surface area (Å²) in [5.74, 6) is 0. The van der Waals surface area contributed by atoms with Gasteiger partial charge in [-0.1, -0.05) is 29.3 Å². The summed E-state index contributed by atoms with van der Waals surface area (Å²) in [5, 5.41) is 3.82. The molecule has 1 aliphatic rings. The monoisotopic (exact) mass is 274 g/mol. The number of piperidine rings is 1. The second kappa shape index (κ2) is 6.73. The van der Waals surface area contributed by atoms with Gasteiger partial charge in [-0.3, -0.25) is 0 Å². The second-order valence-corrected chi connectivity index (χ2v) is 6.71. The molecule has 0 spiro atoms. The first-order valence-electron chi connectivity index (χ1n) is 8.04. The molecule has 0 saturated carbocycles. The number of aryl methyl sites for hydroxylation is 2. The maximum absolute atomic E-state index is 3.82. The molecule has 112 valence electrons. The van der Waals surface area contributed by atoms with Crippen LogP contribution in [-0.2, 0) is 0 Å². The van der Waals surface area contributed by atoms with Crippen LogP contribution in [0.25, 0.3) is 0 Å². The summed E-state index contributed by atoms with van der Waals surface area (Å²) >= 11 is 0. The normalized spacial score (nSPS) is 19.5. The highest BCUT2D eigenvalue weighted by molar-refractivity contribution is 5.30. The Bertz CT molecular complexity index is 411. The zero-order chi connectivity index (χ0) is 14.7. The van der Waals surface area contributed by atoms with E-state index >= 15 is 0 Å². The number of nitrogens with one attached hydrogen (secondary N) is 1. The van der Waals surface area contributed by atoms with Gasteiger partial charge in [0.25, 0.3) is 0 Å². The highest BCUT2D eigenvalue weighted by Gasteiger charge is 2.22. The van der Waals surface area contributed by atoms with Crippen molar-refractivity contribution in [3.05, 3.63) is 34.9 Å². The Morgan fingerprint density at radius 2 is 1.55 bits per heavy atom. The molecular weight excluding hydrogens is 244 g/mol. The number of likely N-dealkylation sites (tertiary alicyclic amines) is 1. The van der Waals surface area contributed by atoms with Crippen molar-refractivity contribution >= 4 is 0 Å². The van der Waals surface area contributed by atoms with Gasteiger partial charge in [-0.05, 0) is 66.1 Å². The lowest BCUT2D eigenvalue weighted by molar-refractivity contribution is 0.157. The largest absolute Gasteiger partial charge is 0.307 e. The van der Waals surface area contributed by atoms with E-state index in [1.807, 2.05) is 0 Å². The van der Waals surface area contributed by atoms with Gasteiger partial charge < -0.3 is 10.2 Å². The Morgan fingerprint density at radius 1 is 1.00 bits per heavy atom. The fourth-order valence-electron chi connectivity index (χ4n) is 3.29. The lowest BCUT2D eigenvalue weighted by Crippen LogP contribution is -2.45. The first kappa shape index (κ1) is 15.5. The fourth-order valence-corrected chi connectivity index (χ4v) is 3.29. The molecule has 0 radical (unpaired) electrons. The molecule has 1 saturated heterocycles. The molecule has 2 rings (SSSR count). The van der Waals surface area contributed by atoms with Gasteiger partial charge in [0.1, 0.15) is 0 Å². The average Bonchev–Trinajstić information content (AvgIpc) is 2.38. The molecule has 1 aromatic carbocycles. The molecule has 1 fully saturated rings. The summed E-state index contributed by atoms with van der Waals surface area (Å²) in [5.41, 5.74) is 4.15. The topological polar surface area (TPSA) is 15.3 Å². The minimum atomic E-state index is 0.448. The van der Waals surface area contributed by atoms with Crippen molar-refractivity contribution in [2.24, 2.45) is 0 Å². The highest BCUT2D eigenvalue weighted by atomic mass is 15.2. The standard InChI is InChI=1S/C18H30N2/c1-13(2)20-8-6-18(7-9-20)19-16(5)17-11-14(3)10-15(4)12-17/h10-13,16,18-19H,6-9H2,1-5H3. The van der Waals surface area contributed by atoms with Gasteiger partial charge in [0.15, 0.2) is 0 Å². The maximum atomic E-state index is 3.82. The van der Waals surface area contributed by atoms with Gasteiger partial charge in [-0.25, -0.2) is 0 Å². The molecule has 0 aliphatic carbocycles. The third kappa shape index (κ3) is 4.07. The van der Waals surface area contributed by atoms with Gasteiger partial charge >= 0.3 is 0 Å². The molecule has 1 unspecified atom stereocenters. The van der Waals surface area contributed by atoms with Gasteiger partial charge in [0.2, 0.25) is 0 Å². The Kier molecular flexibility index (Phi) is 5.22. The van der Waals surface area contributed by atoms with Crippen LogP contribution in [0.4, 0.5) is 0 Å². The predicted molar refractivity (Wildman–Crippen MR) is 87.2 cm³/mol. The van der Waals surface area contributed by atoms with E-state index in [-0.39, 0.29) is 0 Å². The van der Waals surface area contributed by atoms with E-state index in [2.05, 4.69) is 63.0 Å². The Morgan fingerprint density at radius 3 is 2.05 bits per heavy atom. The van der Waals surface area contributed by atoms with Crippen LogP contribution in [0.2, 0.25) is 0 Å². The first-order valence-corrected chi connectivity index (χ1v) is 8.04. The van der Waals surface area contributed by atoms with Crippen LogP contribution >= 0.6 is 0 Å². The van der Waals surface area contributed by atoms with Crippen molar-refractivity contribution in [3.63, 3.8) is 0 Å². The van der Waals surface area contributed by atoms with Crippen LogP contribution in [0.1, 0.15) is 56.3 Å². The van der Waals surface area contributed by atoms with Gasteiger partial charge in [-0.15, -0.1) is 0 Å². The number of nitrogens with zero attached hydrogens (tertiary/aromatic N) is 1.